The second-order valence-electron chi connectivity index (χ2n) is 4.84. The molecule has 0 spiro atoms. The molecule has 0 bridgehead atoms. The van der Waals surface area contributed by atoms with Gasteiger partial charge in [0.05, 0.1) is 25.6 Å². The number of ether oxygens (including phenoxy) is 2. The summed E-state index contributed by atoms with van der Waals surface area (Å²) in [7, 11) is 1.63. The standard InChI is InChI=1S/C17H20N2O3/c1-5-22-17(20)12(2)10-14-11-18-19(13(14)3)15-6-8-16(21-4)9-7-15/h6-11H,5H2,1-4H3/b12-10+. The summed E-state index contributed by atoms with van der Waals surface area (Å²) < 4.78 is 12.0. The molecule has 22 heavy (non-hydrogen) atoms. The van der Waals surface area contributed by atoms with Crippen molar-refractivity contribution in [2.75, 3.05) is 13.7 Å². The number of nitrogens with zero attached hydrogens (tertiary/aromatic N) is 2. The van der Waals surface area contributed by atoms with Crippen LogP contribution >= 0.6 is 0 Å². The van der Waals surface area contributed by atoms with Crippen molar-refractivity contribution in [3.05, 3.63) is 47.3 Å². The Balaban J connectivity index is 2.29. The van der Waals surface area contributed by atoms with Crippen LogP contribution in [-0.2, 0) is 9.53 Å². The molecule has 0 aliphatic heterocycles. The lowest BCUT2D eigenvalue weighted by atomic mass is 10.1. The predicted molar refractivity (Wildman–Crippen MR) is 85.1 cm³/mol. The number of hydrogen-bond donors (Lipinski definition) is 0. The van der Waals surface area contributed by atoms with Crippen LogP contribution in [0.4, 0.5) is 0 Å². The van der Waals surface area contributed by atoms with Gasteiger partial charge in [-0.3, -0.25) is 0 Å². The van der Waals surface area contributed by atoms with Gasteiger partial charge < -0.3 is 9.47 Å². The van der Waals surface area contributed by atoms with E-state index in [9.17, 15) is 4.79 Å². The molecule has 1 heterocycles. The molecule has 2 rings (SSSR count). The fourth-order valence-corrected chi connectivity index (χ4v) is 2.08. The second kappa shape index (κ2) is 6.93. The molecule has 0 aliphatic carbocycles. The van der Waals surface area contributed by atoms with Gasteiger partial charge in [0.25, 0.3) is 0 Å². The Labute approximate surface area is 130 Å². The molecule has 0 saturated carbocycles. The summed E-state index contributed by atoms with van der Waals surface area (Å²) in [5, 5.41) is 4.38. The van der Waals surface area contributed by atoms with Gasteiger partial charge >= 0.3 is 5.97 Å². The van der Waals surface area contributed by atoms with E-state index in [-0.39, 0.29) is 5.97 Å². The summed E-state index contributed by atoms with van der Waals surface area (Å²) in [4.78, 5) is 11.7. The summed E-state index contributed by atoms with van der Waals surface area (Å²) >= 11 is 0. The zero-order chi connectivity index (χ0) is 16.1. The number of benzene rings is 1. The molecule has 0 radical (unpaired) electrons. The lowest BCUT2D eigenvalue weighted by Crippen LogP contribution is -2.05. The van der Waals surface area contributed by atoms with Crippen LogP contribution in [-0.4, -0.2) is 29.5 Å². The number of esters is 1. The molecule has 0 aliphatic rings. The minimum Gasteiger partial charge on any atom is -0.497 e. The first-order valence-corrected chi connectivity index (χ1v) is 7.11. The summed E-state index contributed by atoms with van der Waals surface area (Å²) in [6.07, 6.45) is 3.53. The fraction of sp³-hybridized carbons (Fsp3) is 0.294. The van der Waals surface area contributed by atoms with Crippen molar-refractivity contribution in [2.24, 2.45) is 0 Å². The molecule has 116 valence electrons. The van der Waals surface area contributed by atoms with Gasteiger partial charge in [-0.25, -0.2) is 9.48 Å². The van der Waals surface area contributed by atoms with Gasteiger partial charge in [-0.1, -0.05) is 0 Å². The minimum atomic E-state index is -0.306. The zero-order valence-electron chi connectivity index (χ0n) is 13.3. The van der Waals surface area contributed by atoms with Crippen molar-refractivity contribution in [1.29, 1.82) is 0 Å². The highest BCUT2D eigenvalue weighted by molar-refractivity contribution is 5.93. The SMILES string of the molecule is CCOC(=O)/C(C)=C/c1cnn(-c2ccc(OC)cc2)c1C. The Morgan fingerprint density at radius 3 is 2.59 bits per heavy atom. The molecule has 5 nitrogen and oxygen atoms in total. The number of carbonyl (C=O) groups is 1. The number of hydrogen-bond acceptors (Lipinski definition) is 4. The first-order chi connectivity index (χ1) is 10.6. The molecule has 5 heteroatoms. The van der Waals surface area contributed by atoms with Gasteiger partial charge in [0.2, 0.25) is 0 Å². The van der Waals surface area contributed by atoms with Crippen LogP contribution in [0.25, 0.3) is 11.8 Å². The van der Waals surface area contributed by atoms with Gasteiger partial charge in [0, 0.05) is 16.8 Å². The van der Waals surface area contributed by atoms with Crippen molar-refractivity contribution in [1.82, 2.24) is 9.78 Å². The topological polar surface area (TPSA) is 53.3 Å². The molecule has 0 fully saturated rings. The van der Waals surface area contributed by atoms with Crippen molar-refractivity contribution in [2.45, 2.75) is 20.8 Å². The Hall–Kier alpha value is -2.56. The van der Waals surface area contributed by atoms with Crippen LogP contribution in [0.5, 0.6) is 5.75 Å². The van der Waals surface area contributed by atoms with Gasteiger partial charge in [-0.2, -0.15) is 5.10 Å². The summed E-state index contributed by atoms with van der Waals surface area (Å²) in [5.41, 5.74) is 3.33. The smallest absolute Gasteiger partial charge is 0.333 e. The maximum atomic E-state index is 11.7. The molecule has 0 unspecified atom stereocenters. The third-order valence-electron chi connectivity index (χ3n) is 3.33. The number of rotatable bonds is 5. The summed E-state index contributed by atoms with van der Waals surface area (Å²) in [6.45, 7) is 5.86. The molecular formula is C17H20N2O3. The fourth-order valence-electron chi connectivity index (χ4n) is 2.08. The Morgan fingerprint density at radius 2 is 2.00 bits per heavy atom. The van der Waals surface area contributed by atoms with E-state index < -0.39 is 0 Å². The summed E-state index contributed by atoms with van der Waals surface area (Å²) in [6, 6.07) is 7.64. The van der Waals surface area contributed by atoms with E-state index in [4.69, 9.17) is 9.47 Å². The molecular weight excluding hydrogens is 280 g/mol. The highest BCUT2D eigenvalue weighted by atomic mass is 16.5. The van der Waals surface area contributed by atoms with E-state index in [0.717, 1.165) is 22.7 Å². The van der Waals surface area contributed by atoms with Crippen LogP contribution in [0.3, 0.4) is 0 Å². The maximum Gasteiger partial charge on any atom is 0.333 e. The predicted octanol–water partition coefficient (Wildman–Crippen LogP) is 3.16. The normalized spacial score (nSPS) is 11.4. The highest BCUT2D eigenvalue weighted by Gasteiger charge is 2.10. The van der Waals surface area contributed by atoms with E-state index in [1.165, 1.54) is 0 Å². The maximum absolute atomic E-state index is 11.7. The first kappa shape index (κ1) is 15.8. The lowest BCUT2D eigenvalue weighted by molar-refractivity contribution is -0.138. The molecule has 1 aromatic carbocycles. The number of aromatic nitrogens is 2. The van der Waals surface area contributed by atoms with Crippen LogP contribution in [0, 0.1) is 6.92 Å². The second-order valence-corrected chi connectivity index (χ2v) is 4.84. The monoisotopic (exact) mass is 300 g/mol. The van der Waals surface area contributed by atoms with Crippen LogP contribution in [0.15, 0.2) is 36.0 Å². The number of carbonyl (C=O) groups excluding carboxylic acids is 1. The average molecular weight is 300 g/mol. The Bertz CT molecular complexity index is 684. The largest absolute Gasteiger partial charge is 0.497 e. The van der Waals surface area contributed by atoms with Crippen LogP contribution < -0.4 is 4.74 Å². The van der Waals surface area contributed by atoms with E-state index in [2.05, 4.69) is 5.10 Å². The third kappa shape index (κ3) is 3.36. The molecule has 0 saturated heterocycles. The van der Waals surface area contributed by atoms with E-state index >= 15 is 0 Å². The average Bonchev–Trinajstić information content (AvgIpc) is 2.88. The van der Waals surface area contributed by atoms with E-state index in [0.29, 0.717) is 12.2 Å². The van der Waals surface area contributed by atoms with Crippen LogP contribution in [0.1, 0.15) is 25.1 Å². The lowest BCUT2D eigenvalue weighted by Gasteiger charge is -2.06. The molecule has 0 amide bonds. The Kier molecular flexibility index (Phi) is 4.99. The first-order valence-electron chi connectivity index (χ1n) is 7.11. The Morgan fingerprint density at radius 1 is 1.32 bits per heavy atom. The van der Waals surface area contributed by atoms with Crippen molar-refractivity contribution in [3.63, 3.8) is 0 Å². The van der Waals surface area contributed by atoms with Gasteiger partial charge in [-0.15, -0.1) is 0 Å². The zero-order valence-corrected chi connectivity index (χ0v) is 13.3. The van der Waals surface area contributed by atoms with Gasteiger partial charge in [-0.05, 0) is 51.1 Å². The minimum absolute atomic E-state index is 0.306. The van der Waals surface area contributed by atoms with Gasteiger partial charge in [0.1, 0.15) is 5.75 Å². The third-order valence-corrected chi connectivity index (χ3v) is 3.33. The molecule has 0 atom stereocenters. The van der Waals surface area contributed by atoms with Gasteiger partial charge in [0.15, 0.2) is 0 Å². The quantitative estimate of drug-likeness (QED) is 0.629. The molecule has 2 aromatic rings. The molecule has 1 aromatic heterocycles. The molecule has 0 N–H and O–H groups in total. The van der Waals surface area contributed by atoms with Crippen molar-refractivity contribution >= 4 is 12.0 Å². The van der Waals surface area contributed by atoms with E-state index in [1.807, 2.05) is 35.9 Å². The van der Waals surface area contributed by atoms with E-state index in [1.54, 1.807) is 33.2 Å². The van der Waals surface area contributed by atoms with Crippen LogP contribution in [0.2, 0.25) is 0 Å². The summed E-state index contributed by atoms with van der Waals surface area (Å²) in [5.74, 6) is 0.492. The highest BCUT2D eigenvalue weighted by Crippen LogP contribution is 2.19. The number of methoxy groups -OCH3 is 1. The van der Waals surface area contributed by atoms with Crippen molar-refractivity contribution < 1.29 is 14.3 Å². The van der Waals surface area contributed by atoms with Crippen molar-refractivity contribution in [3.8, 4) is 11.4 Å².